The number of benzene rings is 2. The van der Waals surface area contributed by atoms with Gasteiger partial charge in [-0.1, -0.05) is 54.1 Å². The first-order valence-electron chi connectivity index (χ1n) is 11.3. The molecule has 1 aromatic heterocycles. The molecule has 1 N–H and O–H groups in total. The number of ether oxygens (including phenoxy) is 1. The molecule has 6 heteroatoms. The number of aryl methyl sites for hydroxylation is 1. The molecule has 0 radical (unpaired) electrons. The van der Waals surface area contributed by atoms with Crippen LogP contribution in [0.5, 0.6) is 0 Å². The number of nitrogens with one attached hydrogen (secondary N) is 1. The number of pyridine rings is 1. The molecule has 6 nitrogen and oxygen atoms in total. The number of morpholine rings is 1. The van der Waals surface area contributed by atoms with Crippen molar-refractivity contribution in [3.8, 4) is 11.1 Å². The molecule has 33 heavy (non-hydrogen) atoms. The van der Waals surface area contributed by atoms with E-state index in [2.05, 4.69) is 47.6 Å². The Bertz CT molecular complexity index is 1110. The molecule has 3 aromatic rings. The van der Waals surface area contributed by atoms with Crippen LogP contribution in [0, 0.1) is 6.92 Å². The quantitative estimate of drug-likeness (QED) is 0.631. The second-order valence-electron chi connectivity index (χ2n) is 8.41. The predicted molar refractivity (Wildman–Crippen MR) is 128 cm³/mol. The van der Waals surface area contributed by atoms with Gasteiger partial charge in [0.05, 0.1) is 13.2 Å². The summed E-state index contributed by atoms with van der Waals surface area (Å²) in [6, 6.07) is 19.9. The molecule has 0 bridgehead atoms. The first-order valence-corrected chi connectivity index (χ1v) is 11.3. The molecular weight excluding hydrogens is 414 g/mol. The molecule has 4 rings (SSSR count). The second-order valence-corrected chi connectivity index (χ2v) is 8.41. The minimum Gasteiger partial charge on any atom is -0.361 e. The van der Waals surface area contributed by atoms with Crippen LogP contribution in [0.15, 0.2) is 73.1 Å². The highest BCUT2D eigenvalue weighted by Gasteiger charge is 2.45. The van der Waals surface area contributed by atoms with E-state index in [0.29, 0.717) is 31.7 Å². The molecule has 1 atom stereocenters. The fraction of sp³-hybridized carbons (Fsp3) is 0.296. The lowest BCUT2D eigenvalue weighted by molar-refractivity contribution is -0.157. The van der Waals surface area contributed by atoms with Crippen LogP contribution in [0.1, 0.15) is 28.4 Å². The van der Waals surface area contributed by atoms with Crippen LogP contribution in [-0.2, 0) is 16.0 Å². The van der Waals surface area contributed by atoms with Gasteiger partial charge in [0.15, 0.2) is 5.60 Å². The third-order valence-corrected chi connectivity index (χ3v) is 5.95. The maximum atomic E-state index is 13.2. The number of rotatable bonds is 6. The van der Waals surface area contributed by atoms with E-state index in [9.17, 15) is 9.59 Å². The Morgan fingerprint density at radius 1 is 1.06 bits per heavy atom. The molecule has 2 aromatic carbocycles. The highest BCUT2D eigenvalue weighted by molar-refractivity contribution is 5.95. The van der Waals surface area contributed by atoms with Crippen LogP contribution in [0.4, 0.5) is 0 Å². The normalized spacial score (nSPS) is 18.1. The van der Waals surface area contributed by atoms with Crippen molar-refractivity contribution in [3.63, 3.8) is 0 Å². The standard InChI is InChI=1S/C27H29N3O3/c1-3-29-26(32)27(19-30(15-16-33-27)25(31)23-11-13-28-14-12-23)18-21-7-9-22(10-8-21)24-6-4-5-20(2)17-24/h4-14,17H,3,15-16,18-19H2,1-2H3,(H,29,32)/t27-/m0/s1. The van der Waals surface area contributed by atoms with Crippen LogP contribution in [0.3, 0.4) is 0 Å². The number of carbonyl (C=O) groups excluding carboxylic acids is 2. The van der Waals surface area contributed by atoms with Crippen LogP contribution >= 0.6 is 0 Å². The van der Waals surface area contributed by atoms with Crippen molar-refractivity contribution in [2.24, 2.45) is 0 Å². The number of carbonyl (C=O) groups is 2. The summed E-state index contributed by atoms with van der Waals surface area (Å²) in [5, 5.41) is 2.91. The van der Waals surface area contributed by atoms with Gasteiger partial charge in [0.2, 0.25) is 0 Å². The third-order valence-electron chi connectivity index (χ3n) is 5.95. The second kappa shape index (κ2) is 9.96. The molecule has 1 fully saturated rings. The van der Waals surface area contributed by atoms with Crippen molar-refractivity contribution in [1.82, 2.24) is 15.2 Å². The van der Waals surface area contributed by atoms with Crippen molar-refractivity contribution >= 4 is 11.8 Å². The Balaban J connectivity index is 1.58. The fourth-order valence-electron chi connectivity index (χ4n) is 4.25. The molecular formula is C27H29N3O3. The molecule has 2 heterocycles. The van der Waals surface area contributed by atoms with Crippen LogP contribution in [0.2, 0.25) is 0 Å². The van der Waals surface area contributed by atoms with Crippen molar-refractivity contribution < 1.29 is 14.3 Å². The molecule has 0 aliphatic carbocycles. The molecule has 1 aliphatic rings. The maximum absolute atomic E-state index is 13.2. The van der Waals surface area contributed by atoms with Crippen molar-refractivity contribution in [1.29, 1.82) is 0 Å². The lowest BCUT2D eigenvalue weighted by Gasteiger charge is -2.41. The van der Waals surface area contributed by atoms with Crippen LogP contribution < -0.4 is 5.32 Å². The zero-order valence-electron chi connectivity index (χ0n) is 19.1. The summed E-state index contributed by atoms with van der Waals surface area (Å²) in [5.74, 6) is -0.316. The van der Waals surface area contributed by atoms with Gasteiger partial charge in [0.1, 0.15) is 0 Å². The van der Waals surface area contributed by atoms with E-state index in [1.54, 1.807) is 29.4 Å². The summed E-state index contributed by atoms with van der Waals surface area (Å²) in [7, 11) is 0. The van der Waals surface area contributed by atoms with Crippen molar-refractivity contribution in [2.75, 3.05) is 26.2 Å². The van der Waals surface area contributed by atoms with Gasteiger partial charge >= 0.3 is 0 Å². The van der Waals surface area contributed by atoms with Crippen LogP contribution in [-0.4, -0.2) is 53.5 Å². The molecule has 1 aliphatic heterocycles. The van der Waals surface area contributed by atoms with Gasteiger partial charge in [-0.15, -0.1) is 0 Å². The van der Waals surface area contributed by atoms with Gasteiger partial charge in [-0.3, -0.25) is 14.6 Å². The molecule has 1 saturated heterocycles. The van der Waals surface area contributed by atoms with E-state index in [4.69, 9.17) is 4.74 Å². The fourth-order valence-corrected chi connectivity index (χ4v) is 4.25. The van der Waals surface area contributed by atoms with Gasteiger partial charge in [-0.25, -0.2) is 0 Å². The summed E-state index contributed by atoms with van der Waals surface area (Å²) < 4.78 is 6.11. The summed E-state index contributed by atoms with van der Waals surface area (Å²) in [5.41, 5.74) is 3.88. The number of aromatic nitrogens is 1. The molecule has 0 spiro atoms. The summed E-state index contributed by atoms with van der Waals surface area (Å²) in [6.45, 7) is 5.39. The summed E-state index contributed by atoms with van der Waals surface area (Å²) in [6.07, 6.45) is 3.58. The van der Waals surface area contributed by atoms with E-state index >= 15 is 0 Å². The zero-order chi connectivity index (χ0) is 23.3. The van der Waals surface area contributed by atoms with E-state index in [1.807, 2.05) is 25.1 Å². The number of likely N-dealkylation sites (N-methyl/N-ethyl adjacent to an activating group) is 1. The first kappa shape index (κ1) is 22.7. The number of nitrogens with zero attached hydrogens (tertiary/aromatic N) is 2. The Morgan fingerprint density at radius 3 is 2.52 bits per heavy atom. The molecule has 170 valence electrons. The number of hydrogen-bond donors (Lipinski definition) is 1. The van der Waals surface area contributed by atoms with Crippen molar-refractivity contribution in [3.05, 3.63) is 89.7 Å². The molecule has 0 unspecified atom stereocenters. The van der Waals surface area contributed by atoms with Gasteiger partial charge in [-0.2, -0.15) is 0 Å². The SMILES string of the molecule is CCNC(=O)[C@]1(Cc2ccc(-c3cccc(C)c3)cc2)CN(C(=O)c2ccncc2)CCO1. The van der Waals surface area contributed by atoms with E-state index in [0.717, 1.165) is 16.7 Å². The lowest BCUT2D eigenvalue weighted by Crippen LogP contribution is -2.62. The van der Waals surface area contributed by atoms with Gasteiger partial charge in [-0.05, 0) is 42.7 Å². The first-order chi connectivity index (χ1) is 16.0. The highest BCUT2D eigenvalue weighted by atomic mass is 16.5. The molecule has 2 amide bonds. The third kappa shape index (κ3) is 5.12. The molecule has 0 saturated carbocycles. The Kier molecular flexibility index (Phi) is 6.84. The minimum absolute atomic E-state index is 0.121. The predicted octanol–water partition coefficient (Wildman–Crippen LogP) is 3.65. The smallest absolute Gasteiger partial charge is 0.254 e. The highest BCUT2D eigenvalue weighted by Crippen LogP contribution is 2.27. The average Bonchev–Trinajstić information content (AvgIpc) is 2.85. The minimum atomic E-state index is -1.14. The topological polar surface area (TPSA) is 71.5 Å². The lowest BCUT2D eigenvalue weighted by atomic mass is 9.90. The van der Waals surface area contributed by atoms with E-state index in [1.165, 1.54) is 5.56 Å². The van der Waals surface area contributed by atoms with Gasteiger partial charge in [0.25, 0.3) is 11.8 Å². The van der Waals surface area contributed by atoms with Gasteiger partial charge < -0.3 is 15.0 Å². The number of amides is 2. The Morgan fingerprint density at radius 2 is 1.82 bits per heavy atom. The van der Waals surface area contributed by atoms with E-state index < -0.39 is 5.60 Å². The number of hydrogen-bond acceptors (Lipinski definition) is 4. The maximum Gasteiger partial charge on any atom is 0.254 e. The average molecular weight is 444 g/mol. The zero-order valence-corrected chi connectivity index (χ0v) is 19.1. The largest absolute Gasteiger partial charge is 0.361 e. The Labute approximate surface area is 194 Å². The monoisotopic (exact) mass is 443 g/mol. The summed E-state index contributed by atoms with van der Waals surface area (Å²) >= 11 is 0. The Hall–Kier alpha value is -3.51. The van der Waals surface area contributed by atoms with Crippen LogP contribution in [0.25, 0.3) is 11.1 Å². The van der Waals surface area contributed by atoms with Gasteiger partial charge in [0, 0.05) is 37.5 Å². The summed E-state index contributed by atoms with van der Waals surface area (Å²) in [4.78, 5) is 31.9. The van der Waals surface area contributed by atoms with E-state index in [-0.39, 0.29) is 18.4 Å². The van der Waals surface area contributed by atoms with Crippen molar-refractivity contribution in [2.45, 2.75) is 25.9 Å².